The Hall–Kier alpha value is -3.58. The number of aliphatic carboxylic acids is 2. The van der Waals surface area contributed by atoms with Crippen molar-refractivity contribution in [3.63, 3.8) is 0 Å². The van der Waals surface area contributed by atoms with E-state index in [4.69, 9.17) is 18.9 Å². The van der Waals surface area contributed by atoms with Crippen molar-refractivity contribution in [2.45, 2.75) is 131 Å². The van der Waals surface area contributed by atoms with E-state index < -0.39 is 82.1 Å². The minimum absolute atomic E-state index is 0.330. The molecule has 0 saturated heterocycles. The number of carboxylic acid groups (broad SMARTS) is 2. The predicted octanol–water partition coefficient (Wildman–Crippen LogP) is 4.91. The SMILES string of the molecule is CC(C(=O)O)C(C)(C)OC(=O)C(C)C(C)(C)OC(=O)NCCCCCCNC(=O)OC(C)(C)C(C)C(=O)OC(C)(C)C(C)C(=O)O. The molecule has 0 aliphatic heterocycles. The Kier molecular flexibility index (Phi) is 16.0. The van der Waals surface area contributed by atoms with Crippen LogP contribution in [0.3, 0.4) is 0 Å². The van der Waals surface area contributed by atoms with Gasteiger partial charge >= 0.3 is 36.1 Å². The summed E-state index contributed by atoms with van der Waals surface area (Å²) >= 11 is 0. The lowest BCUT2D eigenvalue weighted by molar-refractivity contribution is -0.179. The molecule has 0 heterocycles. The first-order valence-electron chi connectivity index (χ1n) is 15.6. The lowest BCUT2D eigenvalue weighted by Crippen LogP contribution is -2.47. The van der Waals surface area contributed by atoms with E-state index in [-0.39, 0.29) is 0 Å². The van der Waals surface area contributed by atoms with Crippen molar-refractivity contribution in [2.24, 2.45) is 23.7 Å². The molecule has 0 rings (SSSR count). The third-order valence-corrected chi connectivity index (χ3v) is 8.70. The highest BCUT2D eigenvalue weighted by Gasteiger charge is 2.43. The largest absolute Gasteiger partial charge is 0.481 e. The molecular weight excluding hydrogens is 604 g/mol. The summed E-state index contributed by atoms with van der Waals surface area (Å²) in [7, 11) is 0. The molecule has 14 nitrogen and oxygen atoms in total. The topological polar surface area (TPSA) is 204 Å². The molecule has 0 saturated carbocycles. The van der Waals surface area contributed by atoms with Gasteiger partial charge in [0.2, 0.25) is 0 Å². The molecule has 4 atom stereocenters. The van der Waals surface area contributed by atoms with Crippen molar-refractivity contribution in [3.8, 4) is 0 Å². The molecule has 0 aromatic carbocycles. The van der Waals surface area contributed by atoms with Crippen LogP contribution in [0.15, 0.2) is 0 Å². The van der Waals surface area contributed by atoms with E-state index in [2.05, 4.69) is 10.6 Å². The van der Waals surface area contributed by atoms with Gasteiger partial charge in [0, 0.05) is 13.1 Å². The fourth-order valence-corrected chi connectivity index (χ4v) is 3.75. The number of ether oxygens (including phenoxy) is 4. The number of rotatable bonds is 19. The maximum absolute atomic E-state index is 12.7. The van der Waals surface area contributed by atoms with Gasteiger partial charge in [-0.15, -0.1) is 0 Å². The van der Waals surface area contributed by atoms with Gasteiger partial charge < -0.3 is 39.8 Å². The highest BCUT2D eigenvalue weighted by atomic mass is 16.6. The van der Waals surface area contributed by atoms with Crippen molar-refractivity contribution in [2.75, 3.05) is 13.1 Å². The van der Waals surface area contributed by atoms with Crippen LogP contribution < -0.4 is 10.6 Å². The summed E-state index contributed by atoms with van der Waals surface area (Å²) in [6.45, 7) is 19.0. The number of amides is 2. The van der Waals surface area contributed by atoms with Gasteiger partial charge in [-0.2, -0.15) is 0 Å². The Bertz CT molecular complexity index is 999. The smallest absolute Gasteiger partial charge is 0.407 e. The second kappa shape index (κ2) is 17.4. The maximum Gasteiger partial charge on any atom is 0.407 e. The molecule has 266 valence electrons. The molecule has 4 unspecified atom stereocenters. The molecule has 0 aromatic heterocycles. The molecular formula is C32H56N2O12. The molecule has 2 amide bonds. The maximum atomic E-state index is 12.7. The summed E-state index contributed by atoms with van der Waals surface area (Å²) in [5, 5.41) is 23.8. The van der Waals surface area contributed by atoms with Gasteiger partial charge in [-0.25, -0.2) is 9.59 Å². The molecule has 0 aliphatic rings. The van der Waals surface area contributed by atoms with Crippen LogP contribution in [0.4, 0.5) is 9.59 Å². The van der Waals surface area contributed by atoms with E-state index in [0.717, 1.165) is 12.8 Å². The average Bonchev–Trinajstić information content (AvgIpc) is 2.91. The molecule has 0 aromatic rings. The summed E-state index contributed by atoms with van der Waals surface area (Å²) in [5.41, 5.74) is -4.94. The molecule has 0 aliphatic carbocycles. The van der Waals surface area contributed by atoms with Crippen LogP contribution in [-0.4, -0.2) is 81.8 Å². The zero-order valence-electron chi connectivity index (χ0n) is 29.5. The van der Waals surface area contributed by atoms with E-state index in [1.54, 1.807) is 41.5 Å². The van der Waals surface area contributed by atoms with Crippen molar-refractivity contribution in [1.82, 2.24) is 10.6 Å². The summed E-state index contributed by atoms with van der Waals surface area (Å²) in [4.78, 5) is 72.6. The first-order chi connectivity index (χ1) is 20.8. The van der Waals surface area contributed by atoms with Gasteiger partial charge in [0.05, 0.1) is 23.7 Å². The normalized spacial score (nSPS) is 15.0. The van der Waals surface area contributed by atoms with Crippen LogP contribution in [0, 0.1) is 23.7 Å². The molecule has 14 heteroatoms. The first kappa shape index (κ1) is 42.4. The minimum atomic E-state index is -1.25. The predicted molar refractivity (Wildman–Crippen MR) is 168 cm³/mol. The Morgan fingerprint density at radius 2 is 0.739 bits per heavy atom. The lowest BCUT2D eigenvalue weighted by Gasteiger charge is -2.34. The number of unbranched alkanes of at least 4 members (excludes halogenated alkanes) is 3. The lowest BCUT2D eigenvalue weighted by atomic mass is 9.90. The zero-order valence-corrected chi connectivity index (χ0v) is 29.5. The standard InChI is InChI=1S/C32H56N2O12/c1-19(23(35)36)29(5,6)43-25(39)21(3)31(9,10)45-27(41)33-17-15-13-14-16-18-34-28(42)46-32(11,12)22(4)26(40)44-30(7,8)20(2)24(37)38/h19-22H,13-18H2,1-12H3,(H,33,41)(H,34,42)(H,35,36)(H,37,38). The second-order valence-corrected chi connectivity index (χ2v) is 13.9. The highest BCUT2D eigenvalue weighted by Crippen LogP contribution is 2.29. The van der Waals surface area contributed by atoms with Crippen LogP contribution in [0.1, 0.15) is 109 Å². The third kappa shape index (κ3) is 13.8. The first-order valence-corrected chi connectivity index (χ1v) is 15.6. The molecule has 0 fully saturated rings. The summed E-state index contributed by atoms with van der Waals surface area (Å²) in [6, 6.07) is 0. The van der Waals surface area contributed by atoms with E-state index in [1.165, 1.54) is 41.5 Å². The number of carboxylic acids is 2. The van der Waals surface area contributed by atoms with Crippen LogP contribution in [0.25, 0.3) is 0 Å². The number of carbonyl (C=O) groups is 6. The van der Waals surface area contributed by atoms with Gasteiger partial charge in [-0.3, -0.25) is 19.2 Å². The summed E-state index contributed by atoms with van der Waals surface area (Å²) in [5.74, 6) is -7.14. The Morgan fingerprint density at radius 3 is 1.00 bits per heavy atom. The van der Waals surface area contributed by atoms with Crippen molar-refractivity contribution < 1.29 is 57.9 Å². The monoisotopic (exact) mass is 660 g/mol. The Labute approximate surface area is 272 Å². The number of nitrogens with one attached hydrogen (secondary N) is 2. The third-order valence-electron chi connectivity index (χ3n) is 8.70. The van der Waals surface area contributed by atoms with E-state index >= 15 is 0 Å². The van der Waals surface area contributed by atoms with Crippen molar-refractivity contribution >= 4 is 36.1 Å². The fourth-order valence-electron chi connectivity index (χ4n) is 3.75. The van der Waals surface area contributed by atoms with Gasteiger partial charge in [0.15, 0.2) is 0 Å². The Morgan fingerprint density at radius 1 is 0.478 bits per heavy atom. The second-order valence-electron chi connectivity index (χ2n) is 13.9. The van der Waals surface area contributed by atoms with E-state index in [1.807, 2.05) is 0 Å². The molecule has 0 radical (unpaired) electrons. The molecule has 4 N–H and O–H groups in total. The van der Waals surface area contributed by atoms with Crippen LogP contribution in [0.2, 0.25) is 0 Å². The Balaban J connectivity index is 4.46. The van der Waals surface area contributed by atoms with Crippen LogP contribution in [0.5, 0.6) is 0 Å². The van der Waals surface area contributed by atoms with Crippen molar-refractivity contribution in [1.29, 1.82) is 0 Å². The van der Waals surface area contributed by atoms with E-state index in [0.29, 0.717) is 25.9 Å². The minimum Gasteiger partial charge on any atom is -0.481 e. The number of esters is 2. The number of carbonyl (C=O) groups excluding carboxylic acids is 4. The molecule has 0 spiro atoms. The highest BCUT2D eigenvalue weighted by molar-refractivity contribution is 5.78. The molecule has 0 bridgehead atoms. The zero-order chi connectivity index (χ0) is 36.3. The number of hydrogen-bond donors (Lipinski definition) is 4. The number of hydrogen-bond acceptors (Lipinski definition) is 10. The van der Waals surface area contributed by atoms with Gasteiger partial charge in [-0.05, 0) is 95.9 Å². The number of alkyl carbamates (subject to hydrolysis) is 2. The van der Waals surface area contributed by atoms with Gasteiger partial charge in [0.25, 0.3) is 0 Å². The average molecular weight is 661 g/mol. The fraction of sp³-hybridized carbons (Fsp3) is 0.812. The van der Waals surface area contributed by atoms with Crippen molar-refractivity contribution in [3.05, 3.63) is 0 Å². The van der Waals surface area contributed by atoms with Gasteiger partial charge in [-0.1, -0.05) is 12.8 Å². The van der Waals surface area contributed by atoms with Gasteiger partial charge in [0.1, 0.15) is 22.4 Å². The van der Waals surface area contributed by atoms with Crippen LogP contribution in [-0.2, 0) is 38.1 Å². The summed E-state index contributed by atoms with van der Waals surface area (Å²) < 4.78 is 21.7. The van der Waals surface area contributed by atoms with Crippen LogP contribution >= 0.6 is 0 Å². The molecule has 46 heavy (non-hydrogen) atoms. The summed E-state index contributed by atoms with van der Waals surface area (Å²) in [6.07, 6.45) is 1.38. The van der Waals surface area contributed by atoms with E-state index in [9.17, 15) is 39.0 Å². The quantitative estimate of drug-likeness (QED) is 0.0829.